The summed E-state index contributed by atoms with van der Waals surface area (Å²) in [6.45, 7) is 4.47. The average Bonchev–Trinajstić information content (AvgIpc) is 2.64. The Morgan fingerprint density at radius 3 is 2.68 bits per heavy atom. The lowest BCUT2D eigenvalue weighted by Crippen LogP contribution is -2.24. The third-order valence-corrected chi connectivity index (χ3v) is 3.82. The largest absolute Gasteiger partial charge is 0.355 e. The van der Waals surface area contributed by atoms with E-state index in [2.05, 4.69) is 38.8 Å². The first kappa shape index (κ1) is 16.6. The fourth-order valence-corrected chi connectivity index (χ4v) is 2.42. The van der Waals surface area contributed by atoms with Gasteiger partial charge in [0, 0.05) is 23.8 Å². The maximum Gasteiger partial charge on any atom is 0.270 e. The van der Waals surface area contributed by atoms with Gasteiger partial charge in [0.05, 0.1) is 12.2 Å². The molecule has 0 aliphatic carbocycles. The zero-order valence-corrected chi connectivity index (χ0v) is 14.3. The second kappa shape index (κ2) is 7.57. The van der Waals surface area contributed by atoms with E-state index in [1.165, 1.54) is 5.56 Å². The summed E-state index contributed by atoms with van der Waals surface area (Å²) in [5, 5.41) is 6.18. The van der Waals surface area contributed by atoms with Gasteiger partial charge in [-0.15, -0.1) is 0 Å². The van der Waals surface area contributed by atoms with E-state index in [1.807, 2.05) is 38.1 Å². The van der Waals surface area contributed by atoms with Crippen LogP contribution in [0.4, 0.5) is 11.4 Å². The van der Waals surface area contributed by atoms with Crippen LogP contribution in [0.1, 0.15) is 27.3 Å². The number of carbonyl (C=O) groups is 1. The molecule has 1 amide bonds. The lowest BCUT2D eigenvalue weighted by molar-refractivity contribution is 0.0945. The molecule has 0 aliphatic rings. The molecule has 0 atom stereocenters. The lowest BCUT2D eigenvalue weighted by Gasteiger charge is -2.11. The van der Waals surface area contributed by atoms with E-state index in [0.29, 0.717) is 12.2 Å². The third kappa shape index (κ3) is 4.41. The maximum atomic E-state index is 12.3. The van der Waals surface area contributed by atoms with Crippen LogP contribution in [0.3, 0.4) is 0 Å². The SMILES string of the molecule is Cc1ccc(C)c(Nc2ccnc(C(=O)NCc3ccccn3)c2)c1. The van der Waals surface area contributed by atoms with Crippen LogP contribution in [0.25, 0.3) is 0 Å². The first-order valence-electron chi connectivity index (χ1n) is 8.10. The van der Waals surface area contributed by atoms with Crippen LogP contribution < -0.4 is 10.6 Å². The number of hydrogen-bond acceptors (Lipinski definition) is 4. The predicted octanol–water partition coefficient (Wildman–Crippen LogP) is 3.77. The molecule has 25 heavy (non-hydrogen) atoms. The van der Waals surface area contributed by atoms with Gasteiger partial charge in [-0.05, 0) is 55.3 Å². The van der Waals surface area contributed by atoms with Crippen molar-refractivity contribution in [2.45, 2.75) is 20.4 Å². The Balaban J connectivity index is 1.70. The van der Waals surface area contributed by atoms with Gasteiger partial charge >= 0.3 is 0 Å². The molecule has 0 unspecified atom stereocenters. The molecule has 0 spiro atoms. The van der Waals surface area contributed by atoms with Gasteiger partial charge in [-0.1, -0.05) is 18.2 Å². The number of rotatable bonds is 5. The number of benzene rings is 1. The number of nitrogens with one attached hydrogen (secondary N) is 2. The molecule has 3 rings (SSSR count). The van der Waals surface area contributed by atoms with Gasteiger partial charge in [0.2, 0.25) is 0 Å². The summed E-state index contributed by atoms with van der Waals surface area (Å²) in [6.07, 6.45) is 3.33. The fourth-order valence-electron chi connectivity index (χ4n) is 2.42. The van der Waals surface area contributed by atoms with Crippen molar-refractivity contribution in [1.82, 2.24) is 15.3 Å². The molecule has 2 heterocycles. The lowest BCUT2D eigenvalue weighted by atomic mass is 10.1. The maximum absolute atomic E-state index is 12.3. The van der Waals surface area contributed by atoms with Crippen molar-refractivity contribution >= 4 is 17.3 Å². The van der Waals surface area contributed by atoms with E-state index in [9.17, 15) is 4.79 Å². The van der Waals surface area contributed by atoms with Crippen molar-refractivity contribution in [2.75, 3.05) is 5.32 Å². The van der Waals surface area contributed by atoms with Crippen molar-refractivity contribution in [2.24, 2.45) is 0 Å². The molecule has 0 bridgehead atoms. The van der Waals surface area contributed by atoms with Gasteiger partial charge in [0.25, 0.3) is 5.91 Å². The quantitative estimate of drug-likeness (QED) is 0.746. The zero-order valence-electron chi connectivity index (χ0n) is 14.3. The Kier molecular flexibility index (Phi) is 5.04. The van der Waals surface area contributed by atoms with Crippen molar-refractivity contribution < 1.29 is 4.79 Å². The predicted molar refractivity (Wildman–Crippen MR) is 98.8 cm³/mol. The van der Waals surface area contributed by atoms with Gasteiger partial charge < -0.3 is 10.6 Å². The average molecular weight is 332 g/mol. The van der Waals surface area contributed by atoms with Crippen LogP contribution >= 0.6 is 0 Å². The number of pyridine rings is 2. The highest BCUT2D eigenvalue weighted by atomic mass is 16.1. The van der Waals surface area contributed by atoms with Gasteiger partial charge in [-0.3, -0.25) is 14.8 Å². The Morgan fingerprint density at radius 1 is 1.00 bits per heavy atom. The first-order chi connectivity index (χ1) is 12.1. The van der Waals surface area contributed by atoms with Crippen molar-refractivity contribution in [1.29, 1.82) is 0 Å². The molecule has 1 aromatic carbocycles. The minimum atomic E-state index is -0.227. The van der Waals surface area contributed by atoms with E-state index >= 15 is 0 Å². The Labute approximate surface area is 147 Å². The molecule has 5 nitrogen and oxygen atoms in total. The molecule has 126 valence electrons. The molecule has 5 heteroatoms. The second-order valence-corrected chi connectivity index (χ2v) is 5.88. The standard InChI is InChI=1S/C20H20N4O/c1-14-6-7-15(2)18(11-14)24-16-8-10-22-19(12-16)20(25)23-13-17-5-3-4-9-21-17/h3-12H,13H2,1-2H3,(H,22,24)(H,23,25). The summed E-state index contributed by atoms with van der Waals surface area (Å²) in [7, 11) is 0. The smallest absolute Gasteiger partial charge is 0.270 e. The summed E-state index contributed by atoms with van der Waals surface area (Å²) < 4.78 is 0. The van der Waals surface area contributed by atoms with Gasteiger partial charge in [-0.2, -0.15) is 0 Å². The molecule has 0 radical (unpaired) electrons. The van der Waals surface area contributed by atoms with Crippen LogP contribution in [0.15, 0.2) is 60.9 Å². The normalized spacial score (nSPS) is 10.3. The van der Waals surface area contributed by atoms with Crippen molar-refractivity contribution in [3.05, 3.63) is 83.4 Å². The Morgan fingerprint density at radius 2 is 1.88 bits per heavy atom. The number of carbonyl (C=O) groups excluding carboxylic acids is 1. The molecule has 2 N–H and O–H groups in total. The summed E-state index contributed by atoms with van der Waals surface area (Å²) in [5.74, 6) is -0.227. The van der Waals surface area contributed by atoms with E-state index in [4.69, 9.17) is 0 Å². The number of aromatic nitrogens is 2. The highest BCUT2D eigenvalue weighted by Gasteiger charge is 2.09. The topological polar surface area (TPSA) is 66.9 Å². The summed E-state index contributed by atoms with van der Waals surface area (Å²) in [6, 6.07) is 15.4. The summed E-state index contributed by atoms with van der Waals surface area (Å²) in [5.41, 5.74) is 5.34. The minimum absolute atomic E-state index is 0.227. The second-order valence-electron chi connectivity index (χ2n) is 5.88. The zero-order chi connectivity index (χ0) is 17.6. The molecule has 2 aromatic heterocycles. The van der Waals surface area contributed by atoms with Crippen LogP contribution in [0.2, 0.25) is 0 Å². The number of anilines is 2. The summed E-state index contributed by atoms with van der Waals surface area (Å²) in [4.78, 5) is 20.7. The molecular weight excluding hydrogens is 312 g/mol. The summed E-state index contributed by atoms with van der Waals surface area (Å²) >= 11 is 0. The van der Waals surface area contributed by atoms with Crippen LogP contribution in [-0.4, -0.2) is 15.9 Å². The van der Waals surface area contributed by atoms with E-state index in [-0.39, 0.29) is 5.91 Å². The molecule has 0 fully saturated rings. The first-order valence-corrected chi connectivity index (χ1v) is 8.10. The highest BCUT2D eigenvalue weighted by Crippen LogP contribution is 2.21. The highest BCUT2D eigenvalue weighted by molar-refractivity contribution is 5.93. The van der Waals surface area contributed by atoms with Crippen LogP contribution in [0.5, 0.6) is 0 Å². The van der Waals surface area contributed by atoms with Crippen LogP contribution in [0, 0.1) is 13.8 Å². The van der Waals surface area contributed by atoms with Crippen molar-refractivity contribution in [3.63, 3.8) is 0 Å². The van der Waals surface area contributed by atoms with E-state index in [1.54, 1.807) is 18.5 Å². The fraction of sp³-hybridized carbons (Fsp3) is 0.150. The monoisotopic (exact) mass is 332 g/mol. The number of hydrogen-bond donors (Lipinski definition) is 2. The molecule has 0 saturated carbocycles. The third-order valence-electron chi connectivity index (χ3n) is 3.82. The van der Waals surface area contributed by atoms with Gasteiger partial charge in [0.1, 0.15) is 5.69 Å². The number of nitrogens with zero attached hydrogens (tertiary/aromatic N) is 2. The van der Waals surface area contributed by atoms with Gasteiger partial charge in [0.15, 0.2) is 0 Å². The molecule has 0 saturated heterocycles. The Bertz CT molecular complexity index is 878. The minimum Gasteiger partial charge on any atom is -0.355 e. The van der Waals surface area contributed by atoms with Crippen LogP contribution in [-0.2, 0) is 6.54 Å². The van der Waals surface area contributed by atoms with E-state index in [0.717, 1.165) is 22.6 Å². The van der Waals surface area contributed by atoms with E-state index < -0.39 is 0 Å². The molecule has 0 aliphatic heterocycles. The number of amides is 1. The number of aryl methyl sites for hydroxylation is 2. The van der Waals surface area contributed by atoms with Crippen molar-refractivity contribution in [3.8, 4) is 0 Å². The molecule has 3 aromatic rings. The van der Waals surface area contributed by atoms with Gasteiger partial charge in [-0.25, -0.2) is 0 Å². The Hall–Kier alpha value is -3.21. The molecular formula is C20H20N4O.